The van der Waals surface area contributed by atoms with Crippen LogP contribution < -0.4 is 0 Å². The lowest BCUT2D eigenvalue weighted by Gasteiger charge is -2.41. The second-order valence-corrected chi connectivity index (χ2v) is 11.8. The summed E-state index contributed by atoms with van der Waals surface area (Å²) in [6, 6.07) is 9.24. The van der Waals surface area contributed by atoms with Gasteiger partial charge in [-0.15, -0.1) is 0 Å². The van der Waals surface area contributed by atoms with E-state index in [2.05, 4.69) is 43.3 Å². The molecule has 3 aliphatic carbocycles. The van der Waals surface area contributed by atoms with E-state index >= 15 is 0 Å². The highest BCUT2D eigenvalue weighted by Crippen LogP contribution is 2.46. The smallest absolute Gasteiger partial charge is 0.0897 e. The Kier molecular flexibility index (Phi) is 9.93. The van der Waals surface area contributed by atoms with Crippen LogP contribution in [0.3, 0.4) is 0 Å². The summed E-state index contributed by atoms with van der Waals surface area (Å²) >= 11 is 0. The molecule has 0 spiro atoms. The summed E-state index contributed by atoms with van der Waals surface area (Å²) in [5.74, 6) is 5.65. The van der Waals surface area contributed by atoms with E-state index in [1.165, 1.54) is 101 Å². The SMILES string of the molecule is CC/C=C/c1ccc(CCC2CCC([C@H]3CC[C@H]([C@H]4CC[C@H](CCF)CC4)CC3)CC2)cc1. The molecule has 0 amide bonds. The van der Waals surface area contributed by atoms with E-state index in [9.17, 15) is 4.39 Å². The van der Waals surface area contributed by atoms with Gasteiger partial charge in [-0.2, -0.15) is 0 Å². The normalized spacial score (nSPS) is 33.4. The van der Waals surface area contributed by atoms with Crippen molar-refractivity contribution < 1.29 is 4.39 Å². The van der Waals surface area contributed by atoms with Crippen LogP contribution in [0, 0.1) is 35.5 Å². The van der Waals surface area contributed by atoms with E-state index in [1.54, 1.807) is 0 Å². The van der Waals surface area contributed by atoms with E-state index in [-0.39, 0.29) is 6.67 Å². The lowest BCUT2D eigenvalue weighted by atomic mass is 9.64. The number of rotatable bonds is 9. The predicted octanol–water partition coefficient (Wildman–Crippen LogP) is 9.82. The fourth-order valence-corrected chi connectivity index (χ4v) is 7.56. The summed E-state index contributed by atoms with van der Waals surface area (Å²) < 4.78 is 12.6. The van der Waals surface area contributed by atoms with Crippen molar-refractivity contribution in [2.75, 3.05) is 6.67 Å². The highest BCUT2D eigenvalue weighted by molar-refractivity contribution is 5.49. The van der Waals surface area contributed by atoms with Crippen molar-refractivity contribution in [3.63, 3.8) is 0 Å². The molecule has 0 bridgehead atoms. The first kappa shape index (κ1) is 25.0. The van der Waals surface area contributed by atoms with Gasteiger partial charge in [0.2, 0.25) is 0 Å². The Morgan fingerprint density at radius 1 is 0.667 bits per heavy atom. The molecule has 0 aliphatic heterocycles. The molecule has 184 valence electrons. The summed E-state index contributed by atoms with van der Waals surface area (Å²) in [5.41, 5.74) is 2.85. The molecule has 1 aromatic carbocycles. The maximum Gasteiger partial charge on any atom is 0.0897 e. The number of allylic oxidation sites excluding steroid dienone is 1. The lowest BCUT2D eigenvalue weighted by molar-refractivity contribution is 0.102. The van der Waals surface area contributed by atoms with E-state index in [0.29, 0.717) is 5.92 Å². The van der Waals surface area contributed by atoms with Gasteiger partial charge in [0, 0.05) is 0 Å². The Morgan fingerprint density at radius 2 is 1.12 bits per heavy atom. The van der Waals surface area contributed by atoms with Crippen molar-refractivity contribution in [3.05, 3.63) is 41.5 Å². The zero-order valence-electron chi connectivity index (χ0n) is 21.3. The van der Waals surface area contributed by atoms with Crippen LogP contribution in [-0.4, -0.2) is 6.67 Å². The van der Waals surface area contributed by atoms with Crippen molar-refractivity contribution in [3.8, 4) is 0 Å². The van der Waals surface area contributed by atoms with E-state index in [1.807, 2.05) is 0 Å². The third kappa shape index (κ3) is 7.43. The first-order valence-corrected chi connectivity index (χ1v) is 14.6. The summed E-state index contributed by atoms with van der Waals surface area (Å²) in [5, 5.41) is 0. The minimum atomic E-state index is -0.104. The average Bonchev–Trinajstić information content (AvgIpc) is 2.88. The number of benzene rings is 1. The van der Waals surface area contributed by atoms with Crippen molar-refractivity contribution in [2.45, 2.75) is 110 Å². The molecule has 0 aromatic heterocycles. The van der Waals surface area contributed by atoms with Crippen LogP contribution in [0.25, 0.3) is 6.08 Å². The second-order valence-electron chi connectivity index (χ2n) is 11.8. The van der Waals surface area contributed by atoms with Crippen LogP contribution in [0.5, 0.6) is 0 Å². The molecule has 1 aromatic rings. The molecule has 3 saturated carbocycles. The largest absolute Gasteiger partial charge is 0.251 e. The molecule has 33 heavy (non-hydrogen) atoms. The number of hydrogen-bond acceptors (Lipinski definition) is 0. The van der Waals surface area contributed by atoms with Gasteiger partial charge in [-0.1, -0.05) is 69.0 Å². The molecule has 0 N–H and O–H groups in total. The molecular weight excluding hydrogens is 403 g/mol. The number of alkyl halides is 1. The first-order valence-electron chi connectivity index (χ1n) is 14.6. The van der Waals surface area contributed by atoms with E-state index in [4.69, 9.17) is 0 Å². The lowest BCUT2D eigenvalue weighted by Crippen LogP contribution is -2.30. The third-order valence-corrected chi connectivity index (χ3v) is 9.82. The monoisotopic (exact) mass is 452 g/mol. The van der Waals surface area contributed by atoms with Crippen molar-refractivity contribution in [2.24, 2.45) is 35.5 Å². The fraction of sp³-hybridized carbons (Fsp3) is 0.750. The Balaban J connectivity index is 1.12. The molecule has 0 atom stereocenters. The average molecular weight is 453 g/mol. The highest BCUT2D eigenvalue weighted by Gasteiger charge is 2.34. The maximum absolute atomic E-state index is 12.6. The first-order chi connectivity index (χ1) is 16.2. The van der Waals surface area contributed by atoms with E-state index < -0.39 is 0 Å². The maximum atomic E-state index is 12.6. The Labute approximate surface area is 203 Å². The van der Waals surface area contributed by atoms with Crippen LogP contribution >= 0.6 is 0 Å². The minimum Gasteiger partial charge on any atom is -0.251 e. The topological polar surface area (TPSA) is 0 Å². The van der Waals surface area contributed by atoms with Gasteiger partial charge >= 0.3 is 0 Å². The van der Waals surface area contributed by atoms with Crippen LogP contribution in [0.1, 0.15) is 114 Å². The molecule has 0 unspecified atom stereocenters. The van der Waals surface area contributed by atoms with Crippen molar-refractivity contribution in [1.29, 1.82) is 0 Å². The second kappa shape index (κ2) is 13.1. The molecule has 0 saturated heterocycles. The summed E-state index contributed by atoms with van der Waals surface area (Å²) in [4.78, 5) is 0. The zero-order valence-corrected chi connectivity index (χ0v) is 21.3. The molecule has 0 heterocycles. The molecule has 4 rings (SSSR count). The Hall–Kier alpha value is -1.11. The highest BCUT2D eigenvalue weighted by atomic mass is 19.1. The molecule has 1 heteroatoms. The van der Waals surface area contributed by atoms with Gasteiger partial charge < -0.3 is 0 Å². The minimum absolute atomic E-state index is 0.104. The van der Waals surface area contributed by atoms with E-state index in [0.717, 1.165) is 42.4 Å². The molecule has 0 nitrogen and oxygen atoms in total. The Bertz CT molecular complexity index is 680. The fourth-order valence-electron chi connectivity index (χ4n) is 7.56. The zero-order chi connectivity index (χ0) is 22.9. The van der Waals surface area contributed by atoms with Crippen LogP contribution in [0.15, 0.2) is 30.3 Å². The molecule has 3 aliphatic rings. The van der Waals surface area contributed by atoms with Gasteiger partial charge in [-0.25, -0.2) is 0 Å². The van der Waals surface area contributed by atoms with Gasteiger partial charge in [-0.05, 0) is 124 Å². The van der Waals surface area contributed by atoms with Crippen LogP contribution in [-0.2, 0) is 6.42 Å². The van der Waals surface area contributed by atoms with Gasteiger partial charge in [0.25, 0.3) is 0 Å². The van der Waals surface area contributed by atoms with Crippen LogP contribution in [0.4, 0.5) is 4.39 Å². The van der Waals surface area contributed by atoms with Crippen molar-refractivity contribution in [1.82, 2.24) is 0 Å². The molecule has 3 fully saturated rings. The summed E-state index contributed by atoms with van der Waals surface area (Å²) in [6.45, 7) is 2.08. The van der Waals surface area contributed by atoms with Gasteiger partial charge in [0.1, 0.15) is 0 Å². The van der Waals surface area contributed by atoms with Crippen molar-refractivity contribution >= 4 is 6.08 Å². The number of halogens is 1. The quantitative estimate of drug-likeness (QED) is 0.350. The number of aryl methyl sites for hydroxylation is 1. The number of hydrogen-bond donors (Lipinski definition) is 0. The molecule has 0 radical (unpaired) electrons. The standard InChI is InChI=1S/C32H49F/c1-2-3-4-25-5-7-26(8-6-25)9-10-27-11-15-29(16-12-27)31-19-21-32(22-20-31)30-17-13-28(14-18-30)23-24-33/h3-8,27-32H,2,9-24H2,1H3/b4-3+/t27?,28-,29?,30-,31-,32-. The van der Waals surface area contributed by atoms with Crippen LogP contribution in [0.2, 0.25) is 0 Å². The predicted molar refractivity (Wildman–Crippen MR) is 141 cm³/mol. The van der Waals surface area contributed by atoms with Gasteiger partial charge in [0.15, 0.2) is 0 Å². The Morgan fingerprint density at radius 3 is 1.58 bits per heavy atom. The summed E-state index contributed by atoms with van der Waals surface area (Å²) in [7, 11) is 0. The van der Waals surface area contributed by atoms with Gasteiger partial charge in [-0.3, -0.25) is 4.39 Å². The summed E-state index contributed by atoms with van der Waals surface area (Å²) in [6.07, 6.45) is 26.4. The third-order valence-electron chi connectivity index (χ3n) is 9.82. The van der Waals surface area contributed by atoms with Gasteiger partial charge in [0.05, 0.1) is 6.67 Å². The molecular formula is C32H49F.